The molecule has 1 nitrogen and oxygen atoms in total. The second-order valence-electron chi connectivity index (χ2n) is 2.89. The molecule has 0 aliphatic carbocycles. The van der Waals surface area contributed by atoms with Crippen LogP contribution in [0.25, 0.3) is 0 Å². The summed E-state index contributed by atoms with van der Waals surface area (Å²) in [6.45, 7) is 8.00. The van der Waals surface area contributed by atoms with Gasteiger partial charge in [0, 0.05) is 32.0 Å². The van der Waals surface area contributed by atoms with Crippen LogP contribution in [0.2, 0.25) is 0 Å². The van der Waals surface area contributed by atoms with E-state index in [4.69, 9.17) is 0 Å². The molecule has 1 radical (unpaired) electrons. The van der Waals surface area contributed by atoms with Gasteiger partial charge in [0.25, 0.3) is 0 Å². The van der Waals surface area contributed by atoms with Gasteiger partial charge in [0.15, 0.2) is 0 Å². The van der Waals surface area contributed by atoms with E-state index in [9.17, 15) is 0 Å². The number of pyridine rings is 1. The van der Waals surface area contributed by atoms with Crippen molar-refractivity contribution in [3.05, 3.63) is 73.4 Å². The Labute approximate surface area is 132 Å². The number of hydrogen-bond donors (Lipinski definition) is 0. The van der Waals surface area contributed by atoms with Crippen LogP contribution in [0.3, 0.4) is 0 Å². The molecule has 0 spiro atoms. The van der Waals surface area contributed by atoms with E-state index in [1.165, 1.54) is 5.56 Å². The Morgan fingerprint density at radius 2 is 1.58 bits per heavy atom. The summed E-state index contributed by atoms with van der Waals surface area (Å²) in [6, 6.07) is 17.1. The van der Waals surface area contributed by atoms with Crippen molar-refractivity contribution in [2.75, 3.05) is 0 Å². The molecule has 2 aromatic rings. The molecule has 0 aliphatic rings. The van der Waals surface area contributed by atoms with E-state index in [0.717, 1.165) is 12.1 Å². The number of aromatic nitrogens is 1. The zero-order valence-electron chi connectivity index (χ0n) is 12.6. The van der Waals surface area contributed by atoms with Crippen LogP contribution in [0.15, 0.2) is 48.7 Å². The molecule has 0 saturated heterocycles. The van der Waals surface area contributed by atoms with E-state index >= 15 is 0 Å². The van der Waals surface area contributed by atoms with Gasteiger partial charge in [-0.15, -0.1) is 0 Å². The quantitative estimate of drug-likeness (QED) is 0.607. The maximum atomic E-state index is 4.25. The topological polar surface area (TPSA) is 12.9 Å². The van der Waals surface area contributed by atoms with Gasteiger partial charge in [0.2, 0.25) is 0 Å². The van der Waals surface area contributed by atoms with E-state index in [1.54, 1.807) is 0 Å². The summed E-state index contributed by atoms with van der Waals surface area (Å²) in [7, 11) is 0. The van der Waals surface area contributed by atoms with Gasteiger partial charge in [-0.3, -0.25) is 4.98 Å². The summed E-state index contributed by atoms with van der Waals surface area (Å²) in [6.07, 6.45) is 2.68. The monoisotopic (exact) mass is 436 g/mol. The molecule has 0 saturated carbocycles. The van der Waals surface area contributed by atoms with Gasteiger partial charge in [0.05, 0.1) is 0 Å². The second kappa shape index (κ2) is 17.0. The van der Waals surface area contributed by atoms with E-state index < -0.39 is 0 Å². The summed E-state index contributed by atoms with van der Waals surface area (Å²) in [5, 5.41) is 0. The zero-order chi connectivity index (χ0) is 12.9. The van der Waals surface area contributed by atoms with Crippen LogP contribution in [-0.4, -0.2) is 4.98 Å². The Kier molecular flexibility index (Phi) is 20.7. The van der Waals surface area contributed by atoms with Gasteiger partial charge < -0.3 is 7.43 Å². The van der Waals surface area contributed by atoms with E-state index in [1.807, 2.05) is 70.3 Å². The van der Waals surface area contributed by atoms with Gasteiger partial charge in [0.1, 0.15) is 0 Å². The summed E-state index contributed by atoms with van der Waals surface area (Å²) in [5.74, 6) is 0. The number of hydrogen-bond acceptors (Lipinski definition) is 1. The number of rotatable bonds is 2. The predicted molar refractivity (Wildman–Crippen MR) is 81.4 cm³/mol. The zero-order valence-corrected chi connectivity index (χ0v) is 15.0. The van der Waals surface area contributed by atoms with E-state index in [-0.39, 0.29) is 27.5 Å². The van der Waals surface area contributed by atoms with Gasteiger partial charge in [-0.2, -0.15) is 35.9 Å². The van der Waals surface area contributed by atoms with Crippen molar-refractivity contribution in [1.82, 2.24) is 4.98 Å². The fourth-order valence-corrected chi connectivity index (χ4v) is 1.24. The summed E-state index contributed by atoms with van der Waals surface area (Å²) in [4.78, 5) is 4.25. The summed E-state index contributed by atoms with van der Waals surface area (Å²) >= 11 is 0. The molecule has 0 bridgehead atoms. The minimum Gasteiger partial charge on any atom is -0.358 e. The Morgan fingerprint density at radius 3 is 2.05 bits per heavy atom. The molecule has 1 aromatic heterocycles. The molecule has 0 amide bonds. The molecule has 0 fully saturated rings. The third-order valence-electron chi connectivity index (χ3n) is 1.87. The fourth-order valence-electron chi connectivity index (χ4n) is 1.24. The molecular weight excluding hydrogens is 410 g/mol. The molecule has 19 heavy (non-hydrogen) atoms. The molecule has 0 N–H and O–H groups in total. The SMILES string of the molecule is CC.CC.[CH3-].[Ir].[c-]1ccccc1Cc1ccccn1. The van der Waals surface area contributed by atoms with Crippen LogP contribution >= 0.6 is 0 Å². The maximum Gasteiger partial charge on any atom is 0.0426 e. The number of nitrogens with zero attached hydrogens (tertiary/aromatic N) is 1. The summed E-state index contributed by atoms with van der Waals surface area (Å²) in [5.41, 5.74) is 2.27. The second-order valence-corrected chi connectivity index (χ2v) is 2.89. The van der Waals surface area contributed by atoms with Gasteiger partial charge in [-0.05, 0) is 18.6 Å². The fraction of sp³-hybridized carbons (Fsp3) is 0.294. The molecule has 0 atom stereocenters. The van der Waals surface area contributed by atoms with Crippen molar-refractivity contribution in [3.8, 4) is 0 Å². The predicted octanol–water partition coefficient (Wildman–Crippen LogP) is 4.97. The Hall–Kier alpha value is -0.981. The van der Waals surface area contributed by atoms with Crippen molar-refractivity contribution < 1.29 is 20.1 Å². The van der Waals surface area contributed by atoms with Crippen LogP contribution in [0, 0.1) is 13.5 Å². The summed E-state index contributed by atoms with van der Waals surface area (Å²) < 4.78 is 0. The first-order valence-corrected chi connectivity index (χ1v) is 6.30. The molecule has 2 heteroatoms. The third kappa shape index (κ3) is 10.6. The largest absolute Gasteiger partial charge is 0.358 e. The normalized spacial score (nSPS) is 7.37. The van der Waals surface area contributed by atoms with Gasteiger partial charge >= 0.3 is 0 Å². The number of benzene rings is 1. The standard InChI is InChI=1S/C12H10N.2C2H6.CH3.Ir/c1-2-6-11(7-3-1)10-12-8-4-5-9-13-12;2*1-2;;/h1-6,8-9H,10H2;2*1-2H3;1H3;/q-1;;;-1;. The maximum absolute atomic E-state index is 4.25. The molecule has 1 aromatic carbocycles. The molecule has 0 aliphatic heterocycles. The van der Waals surface area contributed by atoms with E-state index in [2.05, 4.69) is 17.1 Å². The van der Waals surface area contributed by atoms with Crippen molar-refractivity contribution in [2.45, 2.75) is 34.1 Å². The molecule has 0 unspecified atom stereocenters. The van der Waals surface area contributed by atoms with Crippen LogP contribution in [0.5, 0.6) is 0 Å². The van der Waals surface area contributed by atoms with Crippen LogP contribution in [0.1, 0.15) is 39.0 Å². The minimum absolute atomic E-state index is 0. The van der Waals surface area contributed by atoms with Gasteiger partial charge in [-0.1, -0.05) is 33.8 Å². The average Bonchev–Trinajstić information content (AvgIpc) is 2.45. The van der Waals surface area contributed by atoms with Crippen molar-refractivity contribution >= 4 is 0 Å². The first-order valence-electron chi connectivity index (χ1n) is 6.30. The molecular formula is C17H25IrN-2. The molecule has 1 heterocycles. The Bertz CT molecular complexity index is 322. The third-order valence-corrected chi connectivity index (χ3v) is 1.87. The first kappa shape index (κ1) is 23.1. The van der Waals surface area contributed by atoms with Crippen LogP contribution < -0.4 is 0 Å². The molecule has 2 rings (SSSR count). The smallest absolute Gasteiger partial charge is 0.0426 e. The van der Waals surface area contributed by atoms with Crippen molar-refractivity contribution in [2.24, 2.45) is 0 Å². The van der Waals surface area contributed by atoms with E-state index in [0.29, 0.717) is 0 Å². The Morgan fingerprint density at radius 1 is 0.947 bits per heavy atom. The van der Waals surface area contributed by atoms with Gasteiger partial charge in [-0.25, -0.2) is 0 Å². The van der Waals surface area contributed by atoms with Crippen molar-refractivity contribution in [1.29, 1.82) is 0 Å². The minimum atomic E-state index is 0. The van der Waals surface area contributed by atoms with Crippen LogP contribution in [-0.2, 0) is 26.5 Å². The Balaban J connectivity index is -0.000000392. The average molecular weight is 436 g/mol. The first-order chi connectivity index (χ1) is 8.45. The van der Waals surface area contributed by atoms with Crippen molar-refractivity contribution in [3.63, 3.8) is 0 Å². The van der Waals surface area contributed by atoms with Crippen LogP contribution in [0.4, 0.5) is 0 Å². The molecule has 109 valence electrons.